The van der Waals surface area contributed by atoms with E-state index in [2.05, 4.69) is 50.6 Å². The van der Waals surface area contributed by atoms with Crippen molar-refractivity contribution in [2.24, 2.45) is 5.92 Å². The highest BCUT2D eigenvalue weighted by Crippen LogP contribution is 2.50. The molecular formula is C27H30FNS. The quantitative estimate of drug-likeness (QED) is 0.391. The summed E-state index contributed by atoms with van der Waals surface area (Å²) < 4.78 is 15.3. The predicted octanol–water partition coefficient (Wildman–Crippen LogP) is 8.70. The highest BCUT2D eigenvalue weighted by Gasteiger charge is 2.27. The van der Waals surface area contributed by atoms with Crippen LogP contribution in [0.5, 0.6) is 0 Å². The molecule has 0 saturated heterocycles. The van der Waals surface area contributed by atoms with Gasteiger partial charge in [-0.15, -0.1) is 0 Å². The molecule has 0 fully saturated rings. The molecule has 30 heavy (non-hydrogen) atoms. The number of fused-ring (bicyclic) bond motifs is 4. The van der Waals surface area contributed by atoms with E-state index in [1.807, 2.05) is 57.2 Å². The first-order valence-corrected chi connectivity index (χ1v) is 11.4. The molecule has 0 aromatic heterocycles. The standard InChI is InChI=1S/C25H24FNS.C2H6/c1-6-9-21-24(16(4)15(2)3)28-25-20-14-17-10-7-8-11-18(17)23(26)19(20)12-13-22(25)27(21)5;1-2/h6-15H,4H2,1-3,5H3;1-2H3/b9-6-;. The Morgan fingerprint density at radius 1 is 1.07 bits per heavy atom. The average Bonchev–Trinajstić information content (AvgIpc) is 2.76. The van der Waals surface area contributed by atoms with E-state index in [1.165, 1.54) is 0 Å². The van der Waals surface area contributed by atoms with Gasteiger partial charge in [0.25, 0.3) is 0 Å². The minimum Gasteiger partial charge on any atom is -0.343 e. The normalized spacial score (nSPS) is 13.8. The topological polar surface area (TPSA) is 3.24 Å². The fourth-order valence-corrected chi connectivity index (χ4v) is 5.16. The number of hydrogen-bond donors (Lipinski definition) is 0. The van der Waals surface area contributed by atoms with Crippen LogP contribution in [0.2, 0.25) is 0 Å². The SMILES string of the molecule is C=C(C1=C(/C=C\C)N(C)c2ccc3c(F)c4ccccc4cc3c2S1)C(C)C.CC. The average molecular weight is 420 g/mol. The molecule has 0 amide bonds. The van der Waals surface area contributed by atoms with E-state index < -0.39 is 0 Å². The van der Waals surface area contributed by atoms with E-state index in [0.717, 1.165) is 37.5 Å². The van der Waals surface area contributed by atoms with E-state index in [0.29, 0.717) is 16.7 Å². The Morgan fingerprint density at radius 3 is 2.43 bits per heavy atom. The second kappa shape index (κ2) is 9.09. The van der Waals surface area contributed by atoms with Crippen molar-refractivity contribution in [1.82, 2.24) is 0 Å². The Bertz CT molecular complexity index is 1170. The van der Waals surface area contributed by atoms with Crippen molar-refractivity contribution < 1.29 is 4.39 Å². The third kappa shape index (κ3) is 3.67. The molecule has 0 N–H and O–H groups in total. The van der Waals surface area contributed by atoms with Crippen LogP contribution in [0.15, 0.2) is 82.3 Å². The van der Waals surface area contributed by atoms with E-state index in [-0.39, 0.29) is 5.82 Å². The number of thioether (sulfide) groups is 1. The van der Waals surface area contributed by atoms with Crippen molar-refractivity contribution >= 4 is 39.0 Å². The summed E-state index contributed by atoms with van der Waals surface area (Å²) in [6.45, 7) is 14.7. The summed E-state index contributed by atoms with van der Waals surface area (Å²) in [5, 5.41) is 3.22. The van der Waals surface area contributed by atoms with Crippen LogP contribution >= 0.6 is 11.8 Å². The first kappa shape index (κ1) is 22.2. The first-order valence-electron chi connectivity index (χ1n) is 10.6. The molecular weight excluding hydrogens is 389 g/mol. The van der Waals surface area contributed by atoms with Crippen LogP contribution in [-0.4, -0.2) is 7.05 Å². The molecule has 3 aromatic rings. The zero-order valence-electron chi connectivity index (χ0n) is 18.7. The number of anilines is 1. The van der Waals surface area contributed by atoms with Gasteiger partial charge in [-0.3, -0.25) is 0 Å². The first-order chi connectivity index (χ1) is 14.4. The Morgan fingerprint density at radius 2 is 1.77 bits per heavy atom. The van der Waals surface area contributed by atoms with Crippen LogP contribution in [0.1, 0.15) is 34.6 Å². The maximum atomic E-state index is 15.3. The summed E-state index contributed by atoms with van der Waals surface area (Å²) in [6, 6.07) is 13.7. The van der Waals surface area contributed by atoms with Gasteiger partial charge in [0.05, 0.1) is 11.4 Å². The molecule has 4 rings (SSSR count). The van der Waals surface area contributed by atoms with Crippen LogP contribution in [0.4, 0.5) is 10.1 Å². The van der Waals surface area contributed by atoms with Gasteiger partial charge in [0.1, 0.15) is 5.82 Å². The molecule has 0 radical (unpaired) electrons. The summed E-state index contributed by atoms with van der Waals surface area (Å²) in [5.41, 5.74) is 3.34. The molecule has 1 nitrogen and oxygen atoms in total. The Balaban J connectivity index is 0.00000124. The second-order valence-corrected chi connectivity index (χ2v) is 8.50. The largest absolute Gasteiger partial charge is 0.343 e. The lowest BCUT2D eigenvalue weighted by atomic mass is 10.0. The lowest BCUT2D eigenvalue weighted by molar-refractivity contribution is 0.651. The van der Waals surface area contributed by atoms with Gasteiger partial charge >= 0.3 is 0 Å². The number of benzene rings is 3. The molecule has 0 saturated carbocycles. The maximum Gasteiger partial charge on any atom is 0.138 e. The Hall–Kier alpha value is -2.52. The van der Waals surface area contributed by atoms with Crippen LogP contribution < -0.4 is 4.90 Å². The molecule has 0 unspecified atom stereocenters. The highest BCUT2D eigenvalue weighted by molar-refractivity contribution is 8.03. The number of nitrogens with zero attached hydrogens (tertiary/aromatic N) is 1. The van der Waals surface area contributed by atoms with Gasteiger partial charge in [0.15, 0.2) is 0 Å². The third-order valence-electron chi connectivity index (χ3n) is 5.38. The molecule has 0 atom stereocenters. The predicted molar refractivity (Wildman–Crippen MR) is 133 cm³/mol. The lowest BCUT2D eigenvalue weighted by Crippen LogP contribution is -2.21. The molecule has 0 aliphatic carbocycles. The van der Waals surface area contributed by atoms with Crippen LogP contribution in [-0.2, 0) is 0 Å². The monoisotopic (exact) mass is 419 g/mol. The number of allylic oxidation sites excluding steroid dienone is 3. The summed E-state index contributed by atoms with van der Waals surface area (Å²) in [5.74, 6) is 0.192. The molecule has 1 heterocycles. The van der Waals surface area contributed by atoms with Crippen LogP contribution in [0.25, 0.3) is 21.5 Å². The third-order valence-corrected chi connectivity index (χ3v) is 6.69. The van der Waals surface area contributed by atoms with Gasteiger partial charge < -0.3 is 4.90 Å². The maximum absolute atomic E-state index is 15.3. The van der Waals surface area contributed by atoms with Crippen molar-refractivity contribution in [1.29, 1.82) is 0 Å². The van der Waals surface area contributed by atoms with Crippen LogP contribution in [0.3, 0.4) is 0 Å². The summed E-state index contributed by atoms with van der Waals surface area (Å²) in [6.07, 6.45) is 4.18. The van der Waals surface area contributed by atoms with Gasteiger partial charge in [0, 0.05) is 33.0 Å². The molecule has 3 aromatic carbocycles. The van der Waals surface area contributed by atoms with Crippen molar-refractivity contribution in [3.8, 4) is 0 Å². The van der Waals surface area contributed by atoms with Crippen molar-refractivity contribution in [2.75, 3.05) is 11.9 Å². The molecule has 0 bridgehead atoms. The minimum atomic E-state index is -0.147. The summed E-state index contributed by atoms with van der Waals surface area (Å²) >= 11 is 1.71. The van der Waals surface area contributed by atoms with Gasteiger partial charge in [-0.1, -0.05) is 76.4 Å². The molecule has 1 aliphatic rings. The van der Waals surface area contributed by atoms with Crippen molar-refractivity contribution in [2.45, 2.75) is 39.5 Å². The van der Waals surface area contributed by atoms with Crippen molar-refractivity contribution in [3.63, 3.8) is 0 Å². The molecule has 3 heteroatoms. The zero-order valence-corrected chi connectivity index (χ0v) is 19.5. The van der Waals surface area contributed by atoms with Crippen molar-refractivity contribution in [3.05, 3.63) is 83.2 Å². The van der Waals surface area contributed by atoms with Gasteiger partial charge in [-0.05, 0) is 48.1 Å². The van der Waals surface area contributed by atoms with E-state index >= 15 is 4.39 Å². The van der Waals surface area contributed by atoms with E-state index in [9.17, 15) is 0 Å². The molecule has 1 aliphatic heterocycles. The van der Waals surface area contributed by atoms with Gasteiger partial charge in [-0.25, -0.2) is 4.39 Å². The number of likely N-dealkylation sites (N-methyl/N-ethyl adjacent to an activating group) is 1. The summed E-state index contributed by atoms with van der Waals surface area (Å²) in [4.78, 5) is 4.44. The fourth-order valence-electron chi connectivity index (χ4n) is 3.69. The van der Waals surface area contributed by atoms with E-state index in [4.69, 9.17) is 0 Å². The second-order valence-electron chi connectivity index (χ2n) is 7.48. The number of rotatable bonds is 3. The number of halogens is 1. The fraction of sp³-hybridized carbons (Fsp3) is 0.259. The Kier molecular flexibility index (Phi) is 6.72. The zero-order chi connectivity index (χ0) is 22.0. The highest BCUT2D eigenvalue weighted by atomic mass is 32.2. The minimum absolute atomic E-state index is 0.147. The lowest BCUT2D eigenvalue weighted by Gasteiger charge is -2.33. The Labute approximate surface area is 184 Å². The number of hydrogen-bond acceptors (Lipinski definition) is 2. The van der Waals surface area contributed by atoms with E-state index in [1.54, 1.807) is 11.8 Å². The summed E-state index contributed by atoms with van der Waals surface area (Å²) in [7, 11) is 2.07. The molecule has 156 valence electrons. The van der Waals surface area contributed by atoms with Crippen LogP contribution in [0, 0.1) is 11.7 Å². The van der Waals surface area contributed by atoms with Gasteiger partial charge in [0.2, 0.25) is 0 Å². The molecule has 0 spiro atoms. The van der Waals surface area contributed by atoms with Gasteiger partial charge in [-0.2, -0.15) is 0 Å². The smallest absolute Gasteiger partial charge is 0.138 e.